The van der Waals surface area contributed by atoms with Gasteiger partial charge in [0.2, 0.25) is 5.91 Å². The Kier molecular flexibility index (Phi) is 4.55. The molecular weight excluding hydrogens is 214 g/mol. The Morgan fingerprint density at radius 1 is 1.29 bits per heavy atom. The Labute approximate surface area is 103 Å². The van der Waals surface area contributed by atoms with Crippen LogP contribution in [0.1, 0.15) is 42.9 Å². The number of carbonyl (C=O) groups is 1. The summed E-state index contributed by atoms with van der Waals surface area (Å²) in [7, 11) is 0. The van der Waals surface area contributed by atoms with Crippen molar-refractivity contribution in [2.45, 2.75) is 47.0 Å². The smallest absolute Gasteiger partial charge is 0.224 e. The Hall–Kier alpha value is -1.51. The number of aromatic hydroxyl groups is 1. The molecule has 0 spiro atoms. The highest BCUT2D eigenvalue weighted by atomic mass is 16.3. The molecule has 3 nitrogen and oxygen atoms in total. The largest absolute Gasteiger partial charge is 0.507 e. The van der Waals surface area contributed by atoms with E-state index >= 15 is 0 Å². The fourth-order valence-corrected chi connectivity index (χ4v) is 1.71. The molecule has 0 aliphatic carbocycles. The molecule has 0 saturated carbocycles. The van der Waals surface area contributed by atoms with Crippen LogP contribution in [0.5, 0.6) is 5.75 Å². The molecule has 0 heterocycles. The van der Waals surface area contributed by atoms with Crippen molar-refractivity contribution >= 4 is 11.6 Å². The zero-order chi connectivity index (χ0) is 13.0. The first-order valence-corrected chi connectivity index (χ1v) is 6.07. The third-order valence-corrected chi connectivity index (χ3v) is 3.10. The number of hydrogen-bond acceptors (Lipinski definition) is 2. The van der Waals surface area contributed by atoms with Gasteiger partial charge in [-0.3, -0.25) is 4.79 Å². The van der Waals surface area contributed by atoms with Crippen LogP contribution in [-0.4, -0.2) is 11.0 Å². The molecule has 0 unspecified atom stereocenters. The van der Waals surface area contributed by atoms with Gasteiger partial charge in [0, 0.05) is 17.7 Å². The number of anilines is 1. The van der Waals surface area contributed by atoms with E-state index in [1.165, 1.54) is 0 Å². The molecule has 0 bridgehead atoms. The molecule has 0 atom stereocenters. The maximum absolute atomic E-state index is 11.6. The molecule has 0 aliphatic rings. The first-order chi connectivity index (χ1) is 7.97. The van der Waals surface area contributed by atoms with Gasteiger partial charge in [0.1, 0.15) is 5.75 Å². The standard InChI is InChI=1S/C14H21NO2/c1-5-6-7-13(16)15-12-8-9(2)10(3)14(17)11(12)4/h8,17H,5-7H2,1-4H3,(H,15,16). The van der Waals surface area contributed by atoms with Gasteiger partial charge < -0.3 is 10.4 Å². The number of benzene rings is 1. The summed E-state index contributed by atoms with van der Waals surface area (Å²) in [5.74, 6) is 0.286. The van der Waals surface area contributed by atoms with Crippen LogP contribution >= 0.6 is 0 Å². The summed E-state index contributed by atoms with van der Waals surface area (Å²) in [6, 6.07) is 1.91. The zero-order valence-electron chi connectivity index (χ0n) is 11.1. The zero-order valence-corrected chi connectivity index (χ0v) is 11.1. The van der Waals surface area contributed by atoms with Crippen molar-refractivity contribution in [3.05, 3.63) is 22.8 Å². The Morgan fingerprint density at radius 3 is 2.53 bits per heavy atom. The minimum Gasteiger partial charge on any atom is -0.507 e. The molecule has 1 aromatic rings. The number of amides is 1. The van der Waals surface area contributed by atoms with Crippen molar-refractivity contribution in [2.75, 3.05) is 5.32 Å². The Bertz CT molecular complexity index is 425. The molecule has 0 aromatic heterocycles. The van der Waals surface area contributed by atoms with Gasteiger partial charge in [-0.25, -0.2) is 0 Å². The van der Waals surface area contributed by atoms with Crippen molar-refractivity contribution in [3.8, 4) is 5.75 Å². The highest BCUT2D eigenvalue weighted by molar-refractivity contribution is 5.92. The normalized spacial score (nSPS) is 10.4. The first-order valence-electron chi connectivity index (χ1n) is 6.07. The fourth-order valence-electron chi connectivity index (χ4n) is 1.71. The van der Waals surface area contributed by atoms with E-state index in [1.807, 2.05) is 26.8 Å². The van der Waals surface area contributed by atoms with Crippen molar-refractivity contribution in [1.29, 1.82) is 0 Å². The van der Waals surface area contributed by atoms with E-state index in [2.05, 4.69) is 12.2 Å². The van der Waals surface area contributed by atoms with Crippen molar-refractivity contribution in [2.24, 2.45) is 0 Å². The number of unbranched alkanes of at least 4 members (excludes halogenated alkanes) is 1. The highest BCUT2D eigenvalue weighted by Gasteiger charge is 2.11. The summed E-state index contributed by atoms with van der Waals surface area (Å²) >= 11 is 0. The maximum Gasteiger partial charge on any atom is 0.224 e. The Balaban J connectivity index is 2.89. The summed E-state index contributed by atoms with van der Waals surface area (Å²) in [6.07, 6.45) is 2.43. The number of rotatable bonds is 4. The monoisotopic (exact) mass is 235 g/mol. The molecule has 2 N–H and O–H groups in total. The summed E-state index contributed by atoms with van der Waals surface area (Å²) in [5, 5.41) is 12.8. The number of aryl methyl sites for hydroxylation is 1. The molecule has 0 radical (unpaired) electrons. The Morgan fingerprint density at radius 2 is 1.94 bits per heavy atom. The van der Waals surface area contributed by atoms with Crippen LogP contribution in [0, 0.1) is 20.8 Å². The number of phenols is 1. The molecule has 0 saturated heterocycles. The lowest BCUT2D eigenvalue weighted by Crippen LogP contribution is -2.12. The van der Waals surface area contributed by atoms with Gasteiger partial charge in [-0.05, 0) is 44.4 Å². The lowest BCUT2D eigenvalue weighted by molar-refractivity contribution is -0.116. The molecule has 0 aliphatic heterocycles. The van der Waals surface area contributed by atoms with Crippen LogP contribution in [0.15, 0.2) is 6.07 Å². The number of hydrogen-bond donors (Lipinski definition) is 2. The van der Waals surface area contributed by atoms with E-state index in [9.17, 15) is 9.90 Å². The van der Waals surface area contributed by atoms with Crippen molar-refractivity contribution < 1.29 is 9.90 Å². The second-order valence-corrected chi connectivity index (χ2v) is 4.49. The fraction of sp³-hybridized carbons (Fsp3) is 0.500. The predicted octanol–water partition coefficient (Wildman–Crippen LogP) is 3.45. The predicted molar refractivity (Wildman–Crippen MR) is 70.5 cm³/mol. The quantitative estimate of drug-likeness (QED) is 0.839. The summed E-state index contributed by atoms with van der Waals surface area (Å²) in [4.78, 5) is 11.6. The summed E-state index contributed by atoms with van der Waals surface area (Å²) in [5.41, 5.74) is 3.30. The number of carbonyl (C=O) groups excluding carboxylic acids is 1. The van der Waals surface area contributed by atoms with Gasteiger partial charge in [0.25, 0.3) is 0 Å². The summed E-state index contributed by atoms with van der Waals surface area (Å²) in [6.45, 7) is 7.67. The van der Waals surface area contributed by atoms with Gasteiger partial charge in [-0.2, -0.15) is 0 Å². The minimum atomic E-state index is 0.0117. The molecule has 1 aromatic carbocycles. The van der Waals surface area contributed by atoms with Crippen LogP contribution in [0.3, 0.4) is 0 Å². The molecular formula is C14H21NO2. The first kappa shape index (κ1) is 13.6. The third kappa shape index (κ3) is 3.22. The minimum absolute atomic E-state index is 0.0117. The van der Waals surface area contributed by atoms with E-state index in [1.54, 1.807) is 0 Å². The van der Waals surface area contributed by atoms with Crippen LogP contribution in [-0.2, 0) is 4.79 Å². The molecule has 3 heteroatoms. The van der Waals surface area contributed by atoms with Gasteiger partial charge in [0.05, 0.1) is 0 Å². The van der Waals surface area contributed by atoms with E-state index in [0.29, 0.717) is 12.1 Å². The van der Waals surface area contributed by atoms with Crippen LogP contribution in [0.2, 0.25) is 0 Å². The van der Waals surface area contributed by atoms with E-state index in [0.717, 1.165) is 29.5 Å². The van der Waals surface area contributed by atoms with Crippen LogP contribution < -0.4 is 5.32 Å². The SMILES string of the molecule is CCCCC(=O)Nc1cc(C)c(C)c(O)c1C. The molecule has 1 amide bonds. The number of phenolic OH excluding ortho intramolecular Hbond substituents is 1. The summed E-state index contributed by atoms with van der Waals surface area (Å²) < 4.78 is 0. The third-order valence-electron chi connectivity index (χ3n) is 3.10. The topological polar surface area (TPSA) is 49.3 Å². The number of nitrogens with one attached hydrogen (secondary N) is 1. The van der Waals surface area contributed by atoms with Crippen LogP contribution in [0.25, 0.3) is 0 Å². The lowest BCUT2D eigenvalue weighted by atomic mass is 10.0. The van der Waals surface area contributed by atoms with E-state index < -0.39 is 0 Å². The average Bonchev–Trinajstić information content (AvgIpc) is 2.30. The molecule has 94 valence electrons. The van der Waals surface area contributed by atoms with Gasteiger partial charge >= 0.3 is 0 Å². The van der Waals surface area contributed by atoms with Gasteiger partial charge in [-0.15, -0.1) is 0 Å². The molecule has 1 rings (SSSR count). The second-order valence-electron chi connectivity index (χ2n) is 4.49. The second kappa shape index (κ2) is 5.71. The molecule has 17 heavy (non-hydrogen) atoms. The lowest BCUT2D eigenvalue weighted by Gasteiger charge is -2.13. The molecule has 0 fully saturated rings. The highest BCUT2D eigenvalue weighted by Crippen LogP contribution is 2.31. The average molecular weight is 235 g/mol. The van der Waals surface area contributed by atoms with Crippen molar-refractivity contribution in [1.82, 2.24) is 0 Å². The van der Waals surface area contributed by atoms with E-state index in [4.69, 9.17) is 0 Å². The maximum atomic E-state index is 11.6. The van der Waals surface area contributed by atoms with Gasteiger partial charge in [0.15, 0.2) is 0 Å². The van der Waals surface area contributed by atoms with E-state index in [-0.39, 0.29) is 11.7 Å². The van der Waals surface area contributed by atoms with Gasteiger partial charge in [-0.1, -0.05) is 13.3 Å². The van der Waals surface area contributed by atoms with Crippen LogP contribution in [0.4, 0.5) is 5.69 Å². The van der Waals surface area contributed by atoms with Crippen molar-refractivity contribution in [3.63, 3.8) is 0 Å².